The summed E-state index contributed by atoms with van der Waals surface area (Å²) in [4.78, 5) is 29.4. The molecule has 3 heterocycles. The Hall–Kier alpha value is -4.28. The smallest absolute Gasteiger partial charge is 0.253 e. The second kappa shape index (κ2) is 9.76. The molecule has 1 N–H and O–H groups in total. The summed E-state index contributed by atoms with van der Waals surface area (Å²) >= 11 is 0. The second-order valence-electron chi connectivity index (χ2n) is 9.49. The number of carbonyl (C=O) groups excluding carboxylic acids is 1. The molecule has 0 unspecified atom stereocenters. The van der Waals surface area contributed by atoms with Gasteiger partial charge < -0.3 is 20.0 Å². The monoisotopic (exact) mass is 481 g/mol. The Balaban J connectivity index is 1.27. The number of piperazine rings is 1. The van der Waals surface area contributed by atoms with Crippen molar-refractivity contribution in [2.75, 3.05) is 38.5 Å². The SMILES string of the molecule is [C-]#[N+]C1CC(CC#N)(n2cc(-c3ccnc(Nc4ccc(C(=O)N5CCN(C)CC5)cc4)n3)cn2)C1. The van der Waals surface area contributed by atoms with Crippen molar-refractivity contribution in [3.05, 3.63) is 65.9 Å². The molecule has 10 nitrogen and oxygen atoms in total. The van der Waals surface area contributed by atoms with Gasteiger partial charge in [-0.2, -0.15) is 10.4 Å². The van der Waals surface area contributed by atoms with E-state index >= 15 is 0 Å². The van der Waals surface area contributed by atoms with Crippen molar-refractivity contribution in [3.8, 4) is 17.3 Å². The molecule has 1 amide bonds. The van der Waals surface area contributed by atoms with E-state index in [1.165, 1.54) is 0 Å². The zero-order valence-electron chi connectivity index (χ0n) is 20.1. The first kappa shape index (κ1) is 23.5. The first-order valence-electron chi connectivity index (χ1n) is 12.0. The molecule has 36 heavy (non-hydrogen) atoms. The molecule has 2 fully saturated rings. The van der Waals surface area contributed by atoms with Crippen LogP contribution in [0.15, 0.2) is 48.9 Å². The molecule has 1 saturated heterocycles. The fourth-order valence-electron chi connectivity index (χ4n) is 4.78. The van der Waals surface area contributed by atoms with E-state index in [1.807, 2.05) is 46.1 Å². The Labute approximate surface area is 210 Å². The van der Waals surface area contributed by atoms with Crippen LogP contribution in [0.2, 0.25) is 0 Å². The van der Waals surface area contributed by atoms with Gasteiger partial charge in [-0.05, 0) is 37.4 Å². The fourth-order valence-corrected chi connectivity index (χ4v) is 4.78. The highest BCUT2D eigenvalue weighted by Crippen LogP contribution is 2.44. The maximum atomic E-state index is 12.8. The summed E-state index contributed by atoms with van der Waals surface area (Å²) in [6, 6.07) is 11.4. The number of likely N-dealkylation sites (N-methyl/N-ethyl adjacent to an activating group) is 1. The normalized spacial score (nSPS) is 21.8. The Morgan fingerprint density at radius 2 is 1.97 bits per heavy atom. The fraction of sp³-hybridized carbons (Fsp3) is 0.385. The van der Waals surface area contributed by atoms with Crippen LogP contribution < -0.4 is 5.32 Å². The average Bonchev–Trinajstić information content (AvgIpc) is 3.37. The molecule has 2 aliphatic rings. The molecule has 5 rings (SSSR count). The Morgan fingerprint density at radius 3 is 2.67 bits per heavy atom. The minimum atomic E-state index is -0.417. The quantitative estimate of drug-likeness (QED) is 0.539. The van der Waals surface area contributed by atoms with Crippen molar-refractivity contribution in [1.82, 2.24) is 29.5 Å². The minimum Gasteiger partial charge on any atom is -0.336 e. The summed E-state index contributed by atoms with van der Waals surface area (Å²) in [5.74, 6) is 0.482. The molecule has 0 atom stereocenters. The topological polar surface area (TPSA) is 107 Å². The third-order valence-corrected chi connectivity index (χ3v) is 7.02. The Kier molecular flexibility index (Phi) is 6.36. The molecular formula is C26H27N9O. The van der Waals surface area contributed by atoms with Gasteiger partial charge in [-0.3, -0.25) is 9.48 Å². The van der Waals surface area contributed by atoms with E-state index in [4.69, 9.17) is 6.57 Å². The van der Waals surface area contributed by atoms with Crippen molar-refractivity contribution in [2.24, 2.45) is 0 Å². The first-order chi connectivity index (χ1) is 17.5. The predicted molar refractivity (Wildman–Crippen MR) is 134 cm³/mol. The summed E-state index contributed by atoms with van der Waals surface area (Å²) < 4.78 is 1.82. The maximum absolute atomic E-state index is 12.8. The van der Waals surface area contributed by atoms with E-state index in [0.29, 0.717) is 36.5 Å². The number of aromatic nitrogens is 4. The molecular weight excluding hydrogens is 454 g/mol. The lowest BCUT2D eigenvalue weighted by atomic mass is 9.71. The zero-order valence-corrected chi connectivity index (χ0v) is 20.1. The molecule has 0 spiro atoms. The van der Waals surface area contributed by atoms with Crippen LogP contribution in [-0.4, -0.2) is 74.7 Å². The summed E-state index contributed by atoms with van der Waals surface area (Å²) in [6.07, 6.45) is 6.89. The van der Waals surface area contributed by atoms with E-state index in [-0.39, 0.29) is 11.9 Å². The van der Waals surface area contributed by atoms with Gasteiger partial charge in [0.1, 0.15) is 0 Å². The van der Waals surface area contributed by atoms with Crippen molar-refractivity contribution >= 4 is 17.5 Å². The maximum Gasteiger partial charge on any atom is 0.253 e. The number of carbonyl (C=O) groups is 1. The number of amides is 1. The molecule has 1 aromatic carbocycles. The second-order valence-corrected chi connectivity index (χ2v) is 9.49. The van der Waals surface area contributed by atoms with Crippen LogP contribution in [0, 0.1) is 17.9 Å². The van der Waals surface area contributed by atoms with Crippen molar-refractivity contribution < 1.29 is 4.79 Å². The molecule has 2 aromatic heterocycles. The summed E-state index contributed by atoms with van der Waals surface area (Å²) in [5, 5.41) is 17.0. The van der Waals surface area contributed by atoms with Crippen LogP contribution >= 0.6 is 0 Å². The molecule has 10 heteroatoms. The molecule has 0 bridgehead atoms. The third kappa shape index (κ3) is 4.64. The van der Waals surface area contributed by atoms with Gasteiger partial charge in [0, 0.05) is 68.2 Å². The number of benzene rings is 1. The Morgan fingerprint density at radius 1 is 1.22 bits per heavy atom. The van der Waals surface area contributed by atoms with Crippen LogP contribution in [0.5, 0.6) is 0 Å². The van der Waals surface area contributed by atoms with Gasteiger partial charge in [-0.15, -0.1) is 0 Å². The minimum absolute atomic E-state index is 0.0493. The molecule has 1 aliphatic heterocycles. The van der Waals surface area contributed by atoms with E-state index < -0.39 is 5.54 Å². The van der Waals surface area contributed by atoms with Crippen molar-refractivity contribution in [2.45, 2.75) is 30.8 Å². The number of nitrogens with zero attached hydrogens (tertiary/aromatic N) is 8. The molecule has 0 radical (unpaired) electrons. The first-order valence-corrected chi connectivity index (χ1v) is 12.0. The van der Waals surface area contributed by atoms with Crippen molar-refractivity contribution in [1.29, 1.82) is 5.26 Å². The lowest BCUT2D eigenvalue weighted by Gasteiger charge is -2.40. The van der Waals surface area contributed by atoms with Crippen LogP contribution in [0.3, 0.4) is 0 Å². The van der Waals surface area contributed by atoms with E-state index in [9.17, 15) is 10.1 Å². The summed E-state index contributed by atoms with van der Waals surface area (Å²) in [6.45, 7) is 10.5. The van der Waals surface area contributed by atoms with Gasteiger partial charge >= 0.3 is 0 Å². The highest BCUT2D eigenvalue weighted by atomic mass is 16.2. The Bertz CT molecular complexity index is 1320. The van der Waals surface area contributed by atoms with E-state index in [1.54, 1.807) is 12.4 Å². The lowest BCUT2D eigenvalue weighted by molar-refractivity contribution is 0.0664. The lowest BCUT2D eigenvalue weighted by Crippen LogP contribution is -2.48. The highest BCUT2D eigenvalue weighted by Gasteiger charge is 2.50. The van der Waals surface area contributed by atoms with Gasteiger partial charge in [0.15, 0.2) is 0 Å². The third-order valence-electron chi connectivity index (χ3n) is 7.02. The largest absolute Gasteiger partial charge is 0.336 e. The van der Waals surface area contributed by atoms with Gasteiger partial charge in [-0.1, -0.05) is 0 Å². The average molecular weight is 482 g/mol. The number of hydrogen-bond donors (Lipinski definition) is 1. The van der Waals surface area contributed by atoms with Gasteiger partial charge in [0.2, 0.25) is 12.0 Å². The molecule has 182 valence electrons. The van der Waals surface area contributed by atoms with Gasteiger partial charge in [-0.25, -0.2) is 16.5 Å². The summed E-state index contributed by atoms with van der Waals surface area (Å²) in [5.41, 5.74) is 2.55. The van der Waals surface area contributed by atoms with Crippen molar-refractivity contribution in [3.63, 3.8) is 0 Å². The summed E-state index contributed by atoms with van der Waals surface area (Å²) in [7, 11) is 2.07. The number of nitriles is 1. The zero-order chi connectivity index (χ0) is 25.1. The van der Waals surface area contributed by atoms with Gasteiger partial charge in [0.25, 0.3) is 5.91 Å². The van der Waals surface area contributed by atoms with Crippen LogP contribution in [0.4, 0.5) is 11.6 Å². The van der Waals surface area contributed by atoms with Crippen LogP contribution in [0.1, 0.15) is 29.6 Å². The molecule has 3 aromatic rings. The van der Waals surface area contributed by atoms with E-state index in [0.717, 1.165) is 37.4 Å². The highest BCUT2D eigenvalue weighted by molar-refractivity contribution is 5.94. The predicted octanol–water partition coefficient (Wildman–Crippen LogP) is 3.16. The van der Waals surface area contributed by atoms with E-state index in [2.05, 4.69) is 43.2 Å². The number of hydrogen-bond acceptors (Lipinski definition) is 7. The van der Waals surface area contributed by atoms with Crippen LogP contribution in [0.25, 0.3) is 16.1 Å². The number of rotatable bonds is 6. The molecule has 1 saturated carbocycles. The molecule has 1 aliphatic carbocycles. The number of nitrogens with one attached hydrogen (secondary N) is 1. The van der Waals surface area contributed by atoms with Gasteiger partial charge in [0.05, 0.1) is 29.9 Å². The number of anilines is 2. The standard InChI is InChI=1S/C26H27N9O/c1-28-22-15-26(16-22,8-9-27)35-18-20(17-30-35)23-7-10-29-25(32-23)31-21-5-3-19(4-6-21)24(36)34-13-11-33(2)12-14-34/h3-7,10,17-18,22H,8,11-16H2,2H3,(H,29,31,32). The van der Waals surface area contributed by atoms with Crippen LogP contribution in [-0.2, 0) is 5.54 Å².